The van der Waals surface area contributed by atoms with Gasteiger partial charge in [0.1, 0.15) is 6.33 Å². The lowest BCUT2D eigenvalue weighted by Crippen LogP contribution is -2.51. The molecule has 2 saturated heterocycles. The van der Waals surface area contributed by atoms with Crippen molar-refractivity contribution in [3.05, 3.63) is 47.9 Å². The van der Waals surface area contributed by atoms with Crippen molar-refractivity contribution in [3.63, 3.8) is 0 Å². The van der Waals surface area contributed by atoms with Crippen molar-refractivity contribution in [2.45, 2.75) is 51.5 Å². The van der Waals surface area contributed by atoms with Gasteiger partial charge in [0, 0.05) is 22.7 Å². The highest BCUT2D eigenvalue weighted by molar-refractivity contribution is 5.92. The van der Waals surface area contributed by atoms with Crippen LogP contribution in [0.2, 0.25) is 0 Å². The molecule has 0 unspecified atom stereocenters. The van der Waals surface area contributed by atoms with Gasteiger partial charge in [-0.25, -0.2) is 9.50 Å². The summed E-state index contributed by atoms with van der Waals surface area (Å²) >= 11 is 0. The molecule has 2 aliphatic heterocycles. The number of piperidine rings is 1. The molecule has 0 saturated carbocycles. The highest BCUT2D eigenvalue weighted by Gasteiger charge is 2.30. The molecule has 0 amide bonds. The Morgan fingerprint density at radius 2 is 2.00 bits per heavy atom. The number of nitrogens with one attached hydrogen (secondary N) is 1. The zero-order chi connectivity index (χ0) is 23.2. The number of nitrogens with zero attached hydrogens (tertiary/aromatic N) is 4. The molecular weight excluding hydrogens is 426 g/mol. The fourth-order valence-corrected chi connectivity index (χ4v) is 5.64. The molecule has 7 heteroatoms. The maximum absolute atomic E-state index is 5.90. The number of hydrogen-bond acceptors (Lipinski definition) is 5. The Morgan fingerprint density at radius 3 is 2.71 bits per heavy atom. The Balaban J connectivity index is 1.37. The van der Waals surface area contributed by atoms with Crippen LogP contribution in [0.3, 0.4) is 0 Å². The minimum absolute atomic E-state index is 0.376. The average Bonchev–Trinajstić information content (AvgIpc) is 3.43. The van der Waals surface area contributed by atoms with Gasteiger partial charge in [0.15, 0.2) is 11.4 Å². The molecule has 0 radical (unpaired) electrons. The second kappa shape index (κ2) is 8.71. The SMILES string of the molecule is CCOc1cc(-c2[nH]c3ccc(C4CCN(C5COC5)CC4)cc3c2C(C)C)cn2ncnc12. The van der Waals surface area contributed by atoms with E-state index in [0.29, 0.717) is 24.5 Å². The minimum Gasteiger partial charge on any atom is -0.490 e. The lowest BCUT2D eigenvalue weighted by atomic mass is 9.87. The lowest BCUT2D eigenvalue weighted by Gasteiger charge is -2.41. The van der Waals surface area contributed by atoms with Gasteiger partial charge in [0.05, 0.1) is 31.6 Å². The van der Waals surface area contributed by atoms with E-state index < -0.39 is 0 Å². The smallest absolute Gasteiger partial charge is 0.197 e. The van der Waals surface area contributed by atoms with Crippen LogP contribution in [0.5, 0.6) is 5.75 Å². The molecule has 0 aliphatic carbocycles. The standard InChI is InChI=1S/C27H33N5O2/c1-4-34-24-12-20(13-32-27(24)28-16-29-32)26-25(17(2)3)22-11-19(5-6-23(22)30-26)18-7-9-31(10-8-18)21-14-33-15-21/h5-6,11-13,16-18,21,30H,4,7-10,14-15H2,1-3H3. The summed E-state index contributed by atoms with van der Waals surface area (Å²) in [6.45, 7) is 11.3. The average molecular weight is 460 g/mol. The Hall–Kier alpha value is -2.90. The van der Waals surface area contributed by atoms with Gasteiger partial charge in [0.2, 0.25) is 0 Å². The first kappa shape index (κ1) is 21.6. The molecule has 2 fully saturated rings. The molecule has 0 spiro atoms. The quantitative estimate of drug-likeness (QED) is 0.441. The molecule has 0 bridgehead atoms. The number of ether oxygens (including phenoxy) is 2. The summed E-state index contributed by atoms with van der Waals surface area (Å²) in [6, 6.07) is 9.77. The number of fused-ring (bicyclic) bond motifs is 2. The van der Waals surface area contributed by atoms with Gasteiger partial charge in [-0.2, -0.15) is 5.10 Å². The van der Waals surface area contributed by atoms with Crippen LogP contribution in [0.25, 0.3) is 27.8 Å². The van der Waals surface area contributed by atoms with Crippen molar-refractivity contribution in [3.8, 4) is 17.0 Å². The third-order valence-corrected chi connectivity index (χ3v) is 7.51. The topological polar surface area (TPSA) is 67.7 Å². The summed E-state index contributed by atoms with van der Waals surface area (Å²) in [6.07, 6.45) is 6.06. The van der Waals surface area contributed by atoms with E-state index in [1.807, 2.05) is 17.6 Å². The highest BCUT2D eigenvalue weighted by atomic mass is 16.5. The van der Waals surface area contributed by atoms with Gasteiger partial charge in [-0.15, -0.1) is 0 Å². The van der Waals surface area contributed by atoms with Gasteiger partial charge >= 0.3 is 0 Å². The molecule has 1 aromatic carbocycles. The molecule has 2 aliphatic rings. The van der Waals surface area contributed by atoms with Crippen LogP contribution in [0.1, 0.15) is 56.6 Å². The lowest BCUT2D eigenvalue weighted by molar-refractivity contribution is -0.0712. The molecule has 178 valence electrons. The molecule has 4 aromatic rings. The highest BCUT2D eigenvalue weighted by Crippen LogP contribution is 2.39. The fourth-order valence-electron chi connectivity index (χ4n) is 5.64. The van der Waals surface area contributed by atoms with Gasteiger partial charge in [-0.1, -0.05) is 19.9 Å². The molecule has 3 aromatic heterocycles. The number of aromatic nitrogens is 4. The Labute approximate surface area is 200 Å². The molecule has 1 N–H and O–H groups in total. The zero-order valence-corrected chi connectivity index (χ0v) is 20.3. The van der Waals surface area contributed by atoms with Crippen molar-refractivity contribution in [2.75, 3.05) is 32.9 Å². The summed E-state index contributed by atoms with van der Waals surface area (Å²) in [5, 5.41) is 5.71. The van der Waals surface area contributed by atoms with Crippen LogP contribution in [0.15, 0.2) is 36.8 Å². The molecule has 5 heterocycles. The van der Waals surface area contributed by atoms with Crippen LogP contribution in [-0.2, 0) is 4.74 Å². The summed E-state index contributed by atoms with van der Waals surface area (Å²) in [5.74, 6) is 1.76. The molecule has 6 rings (SSSR count). The first-order valence-electron chi connectivity index (χ1n) is 12.6. The Kier molecular flexibility index (Phi) is 5.54. The Bertz CT molecular complexity index is 1310. The third-order valence-electron chi connectivity index (χ3n) is 7.51. The van der Waals surface area contributed by atoms with Gasteiger partial charge in [-0.05, 0) is 74.0 Å². The molecule has 34 heavy (non-hydrogen) atoms. The number of aromatic amines is 1. The van der Waals surface area contributed by atoms with Gasteiger partial charge in [0.25, 0.3) is 0 Å². The molecular formula is C27H33N5O2. The Morgan fingerprint density at radius 1 is 1.18 bits per heavy atom. The maximum Gasteiger partial charge on any atom is 0.197 e. The van der Waals surface area contributed by atoms with Gasteiger partial charge in [-0.3, -0.25) is 4.90 Å². The number of H-pyrrole nitrogens is 1. The number of pyridine rings is 1. The van der Waals surface area contributed by atoms with E-state index in [2.05, 4.69) is 58.1 Å². The van der Waals surface area contributed by atoms with Crippen molar-refractivity contribution in [2.24, 2.45) is 0 Å². The third kappa shape index (κ3) is 3.67. The zero-order valence-electron chi connectivity index (χ0n) is 20.3. The number of likely N-dealkylation sites (tertiary alicyclic amines) is 1. The van der Waals surface area contributed by atoms with Crippen LogP contribution in [0.4, 0.5) is 0 Å². The monoisotopic (exact) mass is 459 g/mol. The van der Waals surface area contributed by atoms with Crippen molar-refractivity contribution < 1.29 is 9.47 Å². The predicted octanol–water partition coefficient (Wildman–Crippen LogP) is 4.98. The largest absolute Gasteiger partial charge is 0.490 e. The molecule has 0 atom stereocenters. The van der Waals surface area contributed by atoms with Crippen LogP contribution < -0.4 is 4.74 Å². The van der Waals surface area contributed by atoms with E-state index in [4.69, 9.17) is 9.47 Å². The van der Waals surface area contributed by atoms with E-state index in [-0.39, 0.29) is 0 Å². The van der Waals surface area contributed by atoms with E-state index in [1.165, 1.54) is 48.0 Å². The number of benzene rings is 1. The summed E-state index contributed by atoms with van der Waals surface area (Å²) in [4.78, 5) is 10.7. The summed E-state index contributed by atoms with van der Waals surface area (Å²) < 4.78 is 13.1. The van der Waals surface area contributed by atoms with Crippen LogP contribution in [-0.4, -0.2) is 63.4 Å². The molecule has 7 nitrogen and oxygen atoms in total. The number of hydrogen-bond donors (Lipinski definition) is 1. The van der Waals surface area contributed by atoms with E-state index >= 15 is 0 Å². The second-order valence-electron chi connectivity index (χ2n) is 9.93. The van der Waals surface area contributed by atoms with E-state index in [9.17, 15) is 0 Å². The normalized spacial score (nSPS) is 18.2. The second-order valence-corrected chi connectivity index (χ2v) is 9.93. The van der Waals surface area contributed by atoms with E-state index in [1.54, 1.807) is 6.33 Å². The maximum atomic E-state index is 5.90. The minimum atomic E-state index is 0.376. The van der Waals surface area contributed by atoms with Crippen molar-refractivity contribution >= 4 is 16.6 Å². The van der Waals surface area contributed by atoms with Crippen LogP contribution in [0, 0.1) is 0 Å². The first-order valence-corrected chi connectivity index (χ1v) is 12.6. The fraction of sp³-hybridized carbons (Fsp3) is 0.481. The first-order chi connectivity index (χ1) is 16.6. The van der Waals surface area contributed by atoms with Crippen molar-refractivity contribution in [1.82, 2.24) is 24.5 Å². The number of rotatable bonds is 6. The predicted molar refractivity (Wildman–Crippen MR) is 134 cm³/mol. The van der Waals surface area contributed by atoms with Crippen molar-refractivity contribution in [1.29, 1.82) is 0 Å². The summed E-state index contributed by atoms with van der Waals surface area (Å²) in [5.41, 5.74) is 6.95. The van der Waals surface area contributed by atoms with Gasteiger partial charge < -0.3 is 14.5 Å². The van der Waals surface area contributed by atoms with Crippen LogP contribution >= 0.6 is 0 Å². The summed E-state index contributed by atoms with van der Waals surface area (Å²) in [7, 11) is 0. The van der Waals surface area contributed by atoms with E-state index in [0.717, 1.165) is 35.9 Å².